The van der Waals surface area contributed by atoms with Crippen molar-refractivity contribution in [1.29, 1.82) is 0 Å². The minimum Gasteiger partial charge on any atom is -0.376 e. The van der Waals surface area contributed by atoms with Crippen LogP contribution in [0.5, 0.6) is 0 Å². The highest BCUT2D eigenvalue weighted by Crippen LogP contribution is 2.36. The SMILES string of the molecule is O=C1c2ccc(N(Cc3ccc(C4CCCCC4)cn3)C(=O)[C@H]3CCN3S(=O)(=O)c3c(F)c(F)c(F)c(F)c3F)cc2C(=O)N1CO. The number of hydrogen-bond acceptors (Lipinski definition) is 7. The van der Waals surface area contributed by atoms with Crippen LogP contribution in [0.15, 0.2) is 41.4 Å². The summed E-state index contributed by atoms with van der Waals surface area (Å²) in [5.41, 5.74) is 1.20. The highest BCUT2D eigenvalue weighted by Gasteiger charge is 2.48. The Balaban J connectivity index is 1.36. The van der Waals surface area contributed by atoms with Crippen LogP contribution >= 0.6 is 0 Å². The first-order valence-corrected chi connectivity index (χ1v) is 16.2. The highest BCUT2D eigenvalue weighted by atomic mass is 32.2. The van der Waals surface area contributed by atoms with Crippen LogP contribution < -0.4 is 4.90 Å². The molecule has 3 aliphatic rings. The lowest BCUT2D eigenvalue weighted by molar-refractivity contribution is -0.125. The van der Waals surface area contributed by atoms with Gasteiger partial charge in [0.05, 0.1) is 23.4 Å². The number of nitrogens with zero attached hydrogens (tertiary/aromatic N) is 4. The first-order chi connectivity index (χ1) is 22.4. The summed E-state index contributed by atoms with van der Waals surface area (Å²) in [7, 11) is -5.42. The molecule has 1 N–H and O–H groups in total. The topological polar surface area (TPSA) is 128 Å². The molecule has 0 unspecified atom stereocenters. The van der Waals surface area contributed by atoms with Crippen molar-refractivity contribution in [1.82, 2.24) is 14.2 Å². The van der Waals surface area contributed by atoms with Gasteiger partial charge < -0.3 is 10.0 Å². The average Bonchev–Trinajstić information content (AvgIpc) is 3.29. The molecule has 2 aromatic carbocycles. The fourth-order valence-electron chi connectivity index (χ4n) is 6.25. The van der Waals surface area contributed by atoms with E-state index < -0.39 is 81.0 Å². The second-order valence-corrected chi connectivity index (χ2v) is 13.4. The monoisotopic (exact) mass is 678 g/mol. The molecular weight excluding hydrogens is 651 g/mol. The van der Waals surface area contributed by atoms with E-state index in [1.54, 1.807) is 12.3 Å². The zero-order valence-electron chi connectivity index (χ0n) is 24.6. The molecule has 1 saturated carbocycles. The van der Waals surface area contributed by atoms with E-state index >= 15 is 0 Å². The largest absolute Gasteiger partial charge is 0.376 e. The summed E-state index contributed by atoms with van der Waals surface area (Å²) in [6, 6.07) is 5.71. The Bertz CT molecular complexity index is 1870. The summed E-state index contributed by atoms with van der Waals surface area (Å²) >= 11 is 0. The number of aliphatic hydroxyl groups is 1. The van der Waals surface area contributed by atoms with Gasteiger partial charge in [0.1, 0.15) is 12.8 Å². The van der Waals surface area contributed by atoms with Crippen molar-refractivity contribution < 1.29 is 49.9 Å². The van der Waals surface area contributed by atoms with E-state index in [0.717, 1.165) is 42.6 Å². The summed E-state index contributed by atoms with van der Waals surface area (Å²) in [5, 5.41) is 9.49. The number of anilines is 1. The number of imide groups is 1. The summed E-state index contributed by atoms with van der Waals surface area (Å²) in [6.45, 7) is -1.64. The number of aliphatic hydroxyl groups excluding tert-OH is 1. The molecule has 1 aromatic heterocycles. The second-order valence-electron chi connectivity index (χ2n) is 11.6. The molecule has 0 bridgehead atoms. The molecule has 1 atom stereocenters. The molecule has 2 aliphatic heterocycles. The van der Waals surface area contributed by atoms with Crippen molar-refractivity contribution in [2.24, 2.45) is 0 Å². The number of carbonyl (C=O) groups excluding carboxylic acids is 3. The van der Waals surface area contributed by atoms with Gasteiger partial charge in [-0.3, -0.25) is 24.3 Å². The lowest BCUT2D eigenvalue weighted by Gasteiger charge is -2.41. The molecule has 0 spiro atoms. The Labute approximate surface area is 265 Å². The van der Waals surface area contributed by atoms with Gasteiger partial charge in [-0.1, -0.05) is 25.3 Å². The van der Waals surface area contributed by atoms with Gasteiger partial charge in [-0.25, -0.2) is 30.4 Å². The molecule has 6 rings (SSSR count). The molecule has 1 aliphatic carbocycles. The molecule has 47 heavy (non-hydrogen) atoms. The van der Waals surface area contributed by atoms with Crippen LogP contribution in [0.4, 0.5) is 27.6 Å². The lowest BCUT2D eigenvalue weighted by atomic mass is 9.85. The maximum absolute atomic E-state index is 14.6. The fraction of sp³-hybridized carbons (Fsp3) is 0.355. The van der Waals surface area contributed by atoms with Gasteiger partial charge in [0.15, 0.2) is 28.2 Å². The molecular formula is C31H27F5N4O6S. The molecule has 10 nitrogen and oxygen atoms in total. The third-order valence-electron chi connectivity index (χ3n) is 8.91. The number of sulfonamides is 1. The quantitative estimate of drug-likeness (QED) is 0.162. The van der Waals surface area contributed by atoms with E-state index in [-0.39, 0.29) is 29.8 Å². The zero-order chi connectivity index (χ0) is 33.8. The number of aromatic nitrogens is 1. The number of hydrogen-bond donors (Lipinski definition) is 1. The minimum atomic E-state index is -5.42. The molecule has 248 valence electrons. The van der Waals surface area contributed by atoms with E-state index in [1.165, 1.54) is 18.2 Å². The molecule has 0 radical (unpaired) electrons. The van der Waals surface area contributed by atoms with Crippen molar-refractivity contribution in [3.63, 3.8) is 0 Å². The molecule has 16 heteroatoms. The van der Waals surface area contributed by atoms with Crippen LogP contribution in [0.2, 0.25) is 0 Å². The van der Waals surface area contributed by atoms with Crippen molar-refractivity contribution in [3.8, 4) is 0 Å². The number of carbonyl (C=O) groups is 3. The number of benzene rings is 2. The summed E-state index contributed by atoms with van der Waals surface area (Å²) in [5.74, 6) is -14.8. The maximum atomic E-state index is 14.6. The predicted molar refractivity (Wildman–Crippen MR) is 154 cm³/mol. The van der Waals surface area contributed by atoms with Crippen molar-refractivity contribution in [2.75, 3.05) is 18.2 Å². The zero-order valence-corrected chi connectivity index (χ0v) is 25.4. The Morgan fingerprint density at radius 2 is 1.51 bits per heavy atom. The lowest BCUT2D eigenvalue weighted by Crippen LogP contribution is -2.59. The Kier molecular flexibility index (Phi) is 8.61. The van der Waals surface area contributed by atoms with Crippen LogP contribution in [0.25, 0.3) is 0 Å². The minimum absolute atomic E-state index is 0.0216. The summed E-state index contributed by atoms with van der Waals surface area (Å²) in [6.07, 6.45) is 6.87. The highest BCUT2D eigenvalue weighted by molar-refractivity contribution is 7.89. The average molecular weight is 679 g/mol. The number of pyridine rings is 1. The fourth-order valence-corrected chi connectivity index (χ4v) is 7.99. The van der Waals surface area contributed by atoms with E-state index in [4.69, 9.17) is 0 Å². The van der Waals surface area contributed by atoms with Gasteiger partial charge in [0.25, 0.3) is 11.8 Å². The van der Waals surface area contributed by atoms with Crippen molar-refractivity contribution >= 4 is 33.4 Å². The molecule has 3 aromatic rings. The van der Waals surface area contributed by atoms with Crippen LogP contribution in [-0.2, 0) is 21.4 Å². The van der Waals surface area contributed by atoms with Gasteiger partial charge in [-0.2, -0.15) is 4.31 Å². The van der Waals surface area contributed by atoms with Crippen LogP contribution in [0, 0.1) is 29.1 Å². The number of amides is 3. The van der Waals surface area contributed by atoms with E-state index in [0.29, 0.717) is 20.8 Å². The van der Waals surface area contributed by atoms with E-state index in [1.807, 2.05) is 6.07 Å². The third kappa shape index (κ3) is 5.47. The smallest absolute Gasteiger partial charge is 0.263 e. The predicted octanol–water partition coefficient (Wildman–Crippen LogP) is 4.37. The Hall–Kier alpha value is -4.28. The van der Waals surface area contributed by atoms with E-state index in [2.05, 4.69) is 4.98 Å². The number of halogens is 5. The van der Waals surface area contributed by atoms with Crippen LogP contribution in [0.1, 0.15) is 76.4 Å². The second kappa shape index (κ2) is 12.4. The normalized spacial score (nSPS) is 18.8. The summed E-state index contributed by atoms with van der Waals surface area (Å²) in [4.78, 5) is 43.4. The maximum Gasteiger partial charge on any atom is 0.263 e. The Morgan fingerprint density at radius 1 is 0.872 bits per heavy atom. The van der Waals surface area contributed by atoms with Crippen LogP contribution in [-0.4, -0.2) is 64.8 Å². The molecule has 1 saturated heterocycles. The number of rotatable bonds is 8. The van der Waals surface area contributed by atoms with Gasteiger partial charge >= 0.3 is 0 Å². The first-order valence-electron chi connectivity index (χ1n) is 14.8. The van der Waals surface area contributed by atoms with Gasteiger partial charge in [0.2, 0.25) is 21.7 Å². The standard InChI is InChI=1S/C31H27F5N4O6S/c32-23-24(33)26(35)28(27(36)25(23)34)47(45,46)40-11-10-22(40)31(44)38(14-18-7-6-17(13-37-18)16-4-2-1-3-5-16)19-8-9-20-21(12-19)30(43)39(15-41)29(20)42/h6-9,12-13,16,22,41H,1-5,10-11,14-15H2/t22-/m1/s1. The van der Waals surface area contributed by atoms with E-state index in [9.17, 15) is 49.9 Å². The first kappa shape index (κ1) is 32.7. The Morgan fingerprint density at radius 3 is 2.09 bits per heavy atom. The van der Waals surface area contributed by atoms with Gasteiger partial charge in [-0.15, -0.1) is 0 Å². The number of fused-ring (bicyclic) bond motifs is 1. The van der Waals surface area contributed by atoms with Gasteiger partial charge in [0, 0.05) is 18.4 Å². The van der Waals surface area contributed by atoms with Crippen LogP contribution in [0.3, 0.4) is 0 Å². The molecule has 2 fully saturated rings. The van der Waals surface area contributed by atoms with Crippen molar-refractivity contribution in [2.45, 2.75) is 61.9 Å². The summed E-state index contributed by atoms with van der Waals surface area (Å²) < 4.78 is 97.6. The molecule has 3 amide bonds. The van der Waals surface area contributed by atoms with Gasteiger partial charge in [-0.05, 0) is 55.0 Å². The van der Waals surface area contributed by atoms with Crippen molar-refractivity contribution in [3.05, 3.63) is 88.0 Å². The molecule has 3 heterocycles. The third-order valence-corrected chi connectivity index (χ3v) is 10.8.